The molecule has 0 bridgehead atoms. The highest BCUT2D eigenvalue weighted by Gasteiger charge is 2.11. The molecule has 0 aromatic heterocycles. The van der Waals surface area contributed by atoms with Crippen LogP contribution in [-0.2, 0) is 6.54 Å². The van der Waals surface area contributed by atoms with Gasteiger partial charge in [0.05, 0.1) is 4.92 Å². The molecular weight excluding hydrogens is 260 g/mol. The van der Waals surface area contributed by atoms with E-state index in [1.807, 2.05) is 0 Å². The summed E-state index contributed by atoms with van der Waals surface area (Å²) in [4.78, 5) is 10.4. The van der Waals surface area contributed by atoms with E-state index in [0.717, 1.165) is 0 Å². The van der Waals surface area contributed by atoms with Gasteiger partial charge in [-0.2, -0.15) is 0 Å². The predicted octanol–water partition coefficient (Wildman–Crippen LogP) is 2.93. The number of nitro groups is 1. The van der Waals surface area contributed by atoms with Gasteiger partial charge in [0.1, 0.15) is 11.5 Å². The van der Waals surface area contributed by atoms with Gasteiger partial charge >= 0.3 is 0 Å². The van der Waals surface area contributed by atoms with E-state index in [1.54, 1.807) is 25.1 Å². The fourth-order valence-electron chi connectivity index (χ4n) is 1.82. The quantitative estimate of drug-likeness (QED) is 0.588. The maximum absolute atomic E-state index is 10.8. The molecule has 0 unspecified atom stereocenters. The molecule has 6 heteroatoms. The van der Waals surface area contributed by atoms with Crippen molar-refractivity contribution in [3.8, 4) is 11.5 Å². The van der Waals surface area contributed by atoms with E-state index in [4.69, 9.17) is 0 Å². The number of hydrogen-bond donors (Lipinski definition) is 3. The van der Waals surface area contributed by atoms with E-state index >= 15 is 0 Å². The molecule has 20 heavy (non-hydrogen) atoms. The molecule has 0 aliphatic carbocycles. The average Bonchev–Trinajstić information content (AvgIpc) is 2.39. The summed E-state index contributed by atoms with van der Waals surface area (Å²) in [5, 5.41) is 32.7. The number of aryl methyl sites for hydroxylation is 1. The van der Waals surface area contributed by atoms with E-state index in [1.165, 1.54) is 18.2 Å². The molecule has 104 valence electrons. The molecule has 0 saturated carbocycles. The second-order valence-corrected chi connectivity index (χ2v) is 4.42. The van der Waals surface area contributed by atoms with Gasteiger partial charge in [-0.05, 0) is 25.1 Å². The third kappa shape index (κ3) is 2.97. The highest BCUT2D eigenvalue weighted by atomic mass is 16.6. The Kier molecular flexibility index (Phi) is 3.74. The lowest BCUT2D eigenvalue weighted by Gasteiger charge is -2.09. The second-order valence-electron chi connectivity index (χ2n) is 4.42. The normalized spacial score (nSPS) is 10.2. The van der Waals surface area contributed by atoms with Crippen molar-refractivity contribution < 1.29 is 15.1 Å². The number of nitro benzene ring substituents is 1. The molecule has 0 aliphatic heterocycles. The summed E-state index contributed by atoms with van der Waals surface area (Å²) < 4.78 is 0. The molecular formula is C14H14N2O4. The van der Waals surface area contributed by atoms with Crippen LogP contribution in [0.3, 0.4) is 0 Å². The minimum Gasteiger partial charge on any atom is -0.508 e. The van der Waals surface area contributed by atoms with Crippen LogP contribution in [0.25, 0.3) is 0 Å². The Labute approximate surface area is 115 Å². The average molecular weight is 274 g/mol. The largest absolute Gasteiger partial charge is 0.508 e. The van der Waals surface area contributed by atoms with Crippen molar-refractivity contribution in [1.82, 2.24) is 0 Å². The summed E-state index contributed by atoms with van der Waals surface area (Å²) in [5.41, 5.74) is 1.82. The molecule has 0 radical (unpaired) electrons. The lowest BCUT2D eigenvalue weighted by atomic mass is 10.1. The van der Waals surface area contributed by atoms with Crippen LogP contribution in [-0.4, -0.2) is 15.1 Å². The molecule has 0 atom stereocenters. The Bertz CT molecular complexity index is 656. The van der Waals surface area contributed by atoms with Crippen LogP contribution in [0.15, 0.2) is 36.4 Å². The van der Waals surface area contributed by atoms with Crippen molar-refractivity contribution in [3.63, 3.8) is 0 Å². The topological polar surface area (TPSA) is 95.6 Å². The van der Waals surface area contributed by atoms with Crippen LogP contribution in [0, 0.1) is 17.0 Å². The Hall–Kier alpha value is -2.76. The third-order valence-electron chi connectivity index (χ3n) is 2.96. The van der Waals surface area contributed by atoms with Crippen molar-refractivity contribution in [2.45, 2.75) is 13.5 Å². The van der Waals surface area contributed by atoms with Gasteiger partial charge in [-0.25, -0.2) is 0 Å². The zero-order valence-electron chi connectivity index (χ0n) is 10.8. The molecule has 2 rings (SSSR count). The van der Waals surface area contributed by atoms with Crippen molar-refractivity contribution in [3.05, 3.63) is 57.6 Å². The molecule has 2 aromatic carbocycles. The van der Waals surface area contributed by atoms with Gasteiger partial charge in [-0.3, -0.25) is 10.1 Å². The van der Waals surface area contributed by atoms with Crippen LogP contribution in [0.4, 0.5) is 11.4 Å². The fourth-order valence-corrected chi connectivity index (χ4v) is 1.82. The van der Waals surface area contributed by atoms with E-state index in [9.17, 15) is 20.3 Å². The SMILES string of the molecule is Cc1ccc(NCc2ccc(O)cc2O)cc1[N+](=O)[O-]. The molecule has 0 heterocycles. The molecule has 0 saturated heterocycles. The summed E-state index contributed by atoms with van der Waals surface area (Å²) >= 11 is 0. The highest BCUT2D eigenvalue weighted by molar-refractivity contribution is 5.55. The van der Waals surface area contributed by atoms with Gasteiger partial charge in [0.25, 0.3) is 5.69 Å². The van der Waals surface area contributed by atoms with Crippen molar-refractivity contribution in [2.75, 3.05) is 5.32 Å². The summed E-state index contributed by atoms with van der Waals surface area (Å²) in [7, 11) is 0. The summed E-state index contributed by atoms with van der Waals surface area (Å²) in [6, 6.07) is 9.15. The number of aromatic hydroxyl groups is 2. The number of nitrogens with one attached hydrogen (secondary N) is 1. The monoisotopic (exact) mass is 274 g/mol. The minimum atomic E-state index is -0.432. The number of rotatable bonds is 4. The molecule has 0 aliphatic rings. The lowest BCUT2D eigenvalue weighted by Crippen LogP contribution is -2.01. The molecule has 0 spiro atoms. The van der Waals surface area contributed by atoms with Crippen LogP contribution >= 0.6 is 0 Å². The molecule has 6 nitrogen and oxygen atoms in total. The third-order valence-corrected chi connectivity index (χ3v) is 2.96. The number of anilines is 1. The predicted molar refractivity (Wildman–Crippen MR) is 74.9 cm³/mol. The van der Waals surface area contributed by atoms with Gasteiger partial charge in [0.2, 0.25) is 0 Å². The second kappa shape index (κ2) is 5.48. The zero-order chi connectivity index (χ0) is 14.7. The maximum Gasteiger partial charge on any atom is 0.274 e. The van der Waals surface area contributed by atoms with Crippen molar-refractivity contribution >= 4 is 11.4 Å². The van der Waals surface area contributed by atoms with Crippen LogP contribution in [0.5, 0.6) is 11.5 Å². The lowest BCUT2D eigenvalue weighted by molar-refractivity contribution is -0.385. The smallest absolute Gasteiger partial charge is 0.274 e. The molecule has 0 fully saturated rings. The van der Waals surface area contributed by atoms with Gasteiger partial charge < -0.3 is 15.5 Å². The number of phenolic OH excluding ortho intramolecular Hbond substituents is 2. The summed E-state index contributed by atoms with van der Waals surface area (Å²) in [5.74, 6) is -0.0451. The Morgan fingerprint density at radius 1 is 1.20 bits per heavy atom. The van der Waals surface area contributed by atoms with Crippen LogP contribution < -0.4 is 5.32 Å². The van der Waals surface area contributed by atoms with Gasteiger partial charge in [-0.1, -0.05) is 6.07 Å². The highest BCUT2D eigenvalue weighted by Crippen LogP contribution is 2.25. The zero-order valence-corrected chi connectivity index (χ0v) is 10.8. The molecule has 0 amide bonds. The van der Waals surface area contributed by atoms with Crippen molar-refractivity contribution in [1.29, 1.82) is 0 Å². The van der Waals surface area contributed by atoms with E-state index in [2.05, 4.69) is 5.32 Å². The standard InChI is InChI=1S/C14H14N2O4/c1-9-2-4-11(6-13(9)16(19)20)15-8-10-3-5-12(17)7-14(10)18/h2-7,15,17-18H,8H2,1H3. The first-order valence-electron chi connectivity index (χ1n) is 5.97. The number of benzene rings is 2. The number of hydrogen-bond acceptors (Lipinski definition) is 5. The number of phenols is 2. The number of nitrogens with zero attached hydrogens (tertiary/aromatic N) is 1. The van der Waals surface area contributed by atoms with Gasteiger partial charge in [0.15, 0.2) is 0 Å². The first-order valence-corrected chi connectivity index (χ1v) is 5.97. The Balaban J connectivity index is 2.15. The maximum atomic E-state index is 10.8. The van der Waals surface area contributed by atoms with E-state index < -0.39 is 4.92 Å². The van der Waals surface area contributed by atoms with Crippen LogP contribution in [0.2, 0.25) is 0 Å². The molecule has 3 N–H and O–H groups in total. The van der Waals surface area contributed by atoms with Crippen LogP contribution in [0.1, 0.15) is 11.1 Å². The van der Waals surface area contributed by atoms with Gasteiger partial charge in [0, 0.05) is 35.5 Å². The summed E-state index contributed by atoms with van der Waals surface area (Å²) in [6.45, 7) is 1.97. The minimum absolute atomic E-state index is 0.0165. The van der Waals surface area contributed by atoms with Gasteiger partial charge in [-0.15, -0.1) is 0 Å². The van der Waals surface area contributed by atoms with Crippen molar-refractivity contribution in [2.24, 2.45) is 0 Å². The van der Waals surface area contributed by atoms with E-state index in [0.29, 0.717) is 23.4 Å². The first-order chi connectivity index (χ1) is 9.47. The Morgan fingerprint density at radius 3 is 2.60 bits per heavy atom. The summed E-state index contributed by atoms with van der Waals surface area (Å²) in [6.07, 6.45) is 0. The first kappa shape index (κ1) is 13.7. The van der Waals surface area contributed by atoms with E-state index in [-0.39, 0.29) is 17.2 Å². The fraction of sp³-hybridized carbons (Fsp3) is 0.143. The Morgan fingerprint density at radius 2 is 1.95 bits per heavy atom. The molecule has 2 aromatic rings.